The van der Waals surface area contributed by atoms with Crippen molar-refractivity contribution in [3.05, 3.63) is 35.4 Å². The van der Waals surface area contributed by atoms with Crippen molar-refractivity contribution in [3.8, 4) is 0 Å². The number of hydrogen-bond donors (Lipinski definition) is 1. The van der Waals surface area contributed by atoms with Gasteiger partial charge in [-0.25, -0.2) is 13.6 Å². The molecule has 1 aliphatic rings. The Morgan fingerprint density at radius 2 is 1.95 bits per heavy atom. The largest absolute Gasteiger partial charge is 0.444 e. The molecule has 6 heteroatoms. The summed E-state index contributed by atoms with van der Waals surface area (Å²) in [6.07, 6.45) is -0.467. The molecule has 1 N–H and O–H groups in total. The van der Waals surface area contributed by atoms with Crippen molar-refractivity contribution < 1.29 is 18.3 Å². The number of hydrogen-bond acceptors (Lipinski definition) is 3. The van der Waals surface area contributed by atoms with Gasteiger partial charge in [-0.05, 0) is 32.9 Å². The van der Waals surface area contributed by atoms with Crippen LogP contribution < -0.4 is 5.32 Å². The van der Waals surface area contributed by atoms with Crippen LogP contribution in [0.3, 0.4) is 0 Å². The zero-order valence-electron chi connectivity index (χ0n) is 12.5. The Kier molecular flexibility index (Phi) is 4.46. The number of carbonyl (C=O) groups excluding carboxylic acids is 1. The molecule has 1 aromatic rings. The average Bonchev–Trinajstić information content (AvgIpc) is 2.37. The Bertz CT molecular complexity index is 509. The maximum Gasteiger partial charge on any atom is 0.410 e. The minimum absolute atomic E-state index is 0.0363. The number of piperazine rings is 1. The van der Waals surface area contributed by atoms with Gasteiger partial charge in [-0.2, -0.15) is 0 Å². The van der Waals surface area contributed by atoms with E-state index in [1.165, 1.54) is 23.1 Å². The summed E-state index contributed by atoms with van der Waals surface area (Å²) in [6, 6.07) is 3.18. The molecule has 0 aliphatic carbocycles. The Morgan fingerprint density at radius 1 is 1.33 bits per heavy atom. The molecule has 1 fully saturated rings. The molecule has 4 nitrogen and oxygen atoms in total. The van der Waals surface area contributed by atoms with E-state index >= 15 is 0 Å². The highest BCUT2D eigenvalue weighted by molar-refractivity contribution is 5.68. The van der Waals surface area contributed by atoms with Gasteiger partial charge in [0.2, 0.25) is 0 Å². The molecular weight excluding hydrogens is 278 g/mol. The topological polar surface area (TPSA) is 41.6 Å². The first kappa shape index (κ1) is 15.7. The van der Waals surface area contributed by atoms with Crippen molar-refractivity contribution in [2.45, 2.75) is 32.4 Å². The molecule has 1 aliphatic heterocycles. The van der Waals surface area contributed by atoms with Gasteiger partial charge in [0.25, 0.3) is 0 Å². The molecule has 1 unspecified atom stereocenters. The summed E-state index contributed by atoms with van der Waals surface area (Å²) >= 11 is 0. The van der Waals surface area contributed by atoms with Gasteiger partial charge in [-0.1, -0.05) is 6.07 Å². The summed E-state index contributed by atoms with van der Waals surface area (Å²) in [6.45, 7) is 6.41. The zero-order chi connectivity index (χ0) is 15.6. The zero-order valence-corrected chi connectivity index (χ0v) is 12.5. The minimum atomic E-state index is -0.612. The van der Waals surface area contributed by atoms with E-state index in [1.807, 2.05) is 0 Å². The van der Waals surface area contributed by atoms with Gasteiger partial charge in [0.1, 0.15) is 17.2 Å². The van der Waals surface area contributed by atoms with Crippen LogP contribution in [0.4, 0.5) is 13.6 Å². The lowest BCUT2D eigenvalue weighted by Gasteiger charge is -2.35. The van der Waals surface area contributed by atoms with Gasteiger partial charge in [-0.3, -0.25) is 0 Å². The van der Waals surface area contributed by atoms with Crippen LogP contribution in [0.2, 0.25) is 0 Å². The Hall–Kier alpha value is -1.69. The fraction of sp³-hybridized carbons (Fsp3) is 0.533. The average molecular weight is 298 g/mol. The number of benzene rings is 1. The predicted octanol–water partition coefficient (Wildman–Crippen LogP) is 2.85. The standard InChI is InChI=1S/C15H20F2N2O2/c1-15(2,3)21-14(20)19-8-7-18-12(9-19)13-10(16)5-4-6-11(13)17/h4-6,12,18H,7-9H2,1-3H3. The molecule has 1 atom stereocenters. The highest BCUT2D eigenvalue weighted by Crippen LogP contribution is 2.24. The van der Waals surface area contributed by atoms with Crippen LogP contribution >= 0.6 is 0 Å². The predicted molar refractivity (Wildman–Crippen MR) is 74.9 cm³/mol. The van der Waals surface area contributed by atoms with E-state index in [4.69, 9.17) is 4.74 Å². The molecule has 0 aromatic heterocycles. The molecule has 0 saturated carbocycles. The Morgan fingerprint density at radius 3 is 2.52 bits per heavy atom. The van der Waals surface area contributed by atoms with E-state index in [0.717, 1.165) is 0 Å². The van der Waals surface area contributed by atoms with Crippen molar-refractivity contribution >= 4 is 6.09 Å². The fourth-order valence-electron chi connectivity index (χ4n) is 2.28. The molecule has 0 spiro atoms. The summed E-state index contributed by atoms with van der Waals surface area (Å²) < 4.78 is 32.9. The van der Waals surface area contributed by atoms with E-state index in [-0.39, 0.29) is 12.1 Å². The number of nitrogens with one attached hydrogen (secondary N) is 1. The number of amides is 1. The summed E-state index contributed by atoms with van der Waals surface area (Å²) in [7, 11) is 0. The van der Waals surface area contributed by atoms with Gasteiger partial charge >= 0.3 is 6.09 Å². The van der Waals surface area contributed by atoms with E-state index in [0.29, 0.717) is 13.1 Å². The van der Waals surface area contributed by atoms with Crippen molar-refractivity contribution in [2.75, 3.05) is 19.6 Å². The molecule has 21 heavy (non-hydrogen) atoms. The van der Waals surface area contributed by atoms with Crippen molar-refractivity contribution in [2.24, 2.45) is 0 Å². The third-order valence-electron chi connectivity index (χ3n) is 3.18. The molecular formula is C15H20F2N2O2. The van der Waals surface area contributed by atoms with Crippen LogP contribution in [0.1, 0.15) is 32.4 Å². The van der Waals surface area contributed by atoms with Gasteiger partial charge in [0.15, 0.2) is 0 Å². The molecule has 0 radical (unpaired) electrons. The van der Waals surface area contributed by atoms with E-state index in [9.17, 15) is 13.6 Å². The lowest BCUT2D eigenvalue weighted by molar-refractivity contribution is 0.0192. The first-order chi connectivity index (χ1) is 9.78. The normalized spacial score (nSPS) is 19.5. The summed E-state index contributed by atoms with van der Waals surface area (Å²) in [5.74, 6) is -1.22. The maximum absolute atomic E-state index is 13.8. The van der Waals surface area contributed by atoms with E-state index in [2.05, 4.69) is 5.32 Å². The van der Waals surface area contributed by atoms with Crippen LogP contribution in [-0.4, -0.2) is 36.2 Å². The van der Waals surface area contributed by atoms with Crippen LogP contribution in [0.25, 0.3) is 0 Å². The van der Waals surface area contributed by atoms with Crippen LogP contribution in [0.5, 0.6) is 0 Å². The molecule has 1 aromatic carbocycles. The Balaban J connectivity index is 2.13. The number of rotatable bonds is 1. The number of ether oxygens (including phenoxy) is 1. The van der Waals surface area contributed by atoms with Crippen LogP contribution in [-0.2, 0) is 4.74 Å². The fourth-order valence-corrected chi connectivity index (χ4v) is 2.28. The first-order valence-corrected chi connectivity index (χ1v) is 6.93. The number of carbonyl (C=O) groups is 1. The Labute approximate surface area is 123 Å². The summed E-state index contributed by atoms with van der Waals surface area (Å²) in [4.78, 5) is 13.5. The smallest absolute Gasteiger partial charge is 0.410 e. The van der Waals surface area contributed by atoms with Gasteiger partial charge in [0.05, 0.1) is 6.04 Å². The molecule has 2 rings (SSSR count). The SMILES string of the molecule is CC(C)(C)OC(=O)N1CCNC(c2c(F)cccc2F)C1. The lowest BCUT2D eigenvalue weighted by Crippen LogP contribution is -2.50. The second-order valence-corrected chi connectivity index (χ2v) is 6.07. The number of halogens is 2. The molecule has 1 heterocycles. The quantitative estimate of drug-likeness (QED) is 0.867. The van der Waals surface area contributed by atoms with Gasteiger partial charge < -0.3 is 15.0 Å². The third-order valence-corrected chi connectivity index (χ3v) is 3.18. The summed E-state index contributed by atoms with van der Waals surface area (Å²) in [5, 5.41) is 3.04. The minimum Gasteiger partial charge on any atom is -0.444 e. The first-order valence-electron chi connectivity index (χ1n) is 6.93. The highest BCUT2D eigenvalue weighted by atomic mass is 19.1. The molecule has 1 amide bonds. The van der Waals surface area contributed by atoms with Gasteiger partial charge in [0, 0.05) is 25.2 Å². The molecule has 1 saturated heterocycles. The third kappa shape index (κ3) is 3.91. The van der Waals surface area contributed by atoms with Crippen molar-refractivity contribution in [3.63, 3.8) is 0 Å². The molecule has 0 bridgehead atoms. The van der Waals surface area contributed by atoms with E-state index < -0.39 is 29.4 Å². The molecule has 116 valence electrons. The second kappa shape index (κ2) is 5.97. The van der Waals surface area contributed by atoms with Gasteiger partial charge in [-0.15, -0.1) is 0 Å². The van der Waals surface area contributed by atoms with E-state index in [1.54, 1.807) is 20.8 Å². The number of nitrogens with zero attached hydrogens (tertiary/aromatic N) is 1. The van der Waals surface area contributed by atoms with Crippen molar-refractivity contribution in [1.82, 2.24) is 10.2 Å². The second-order valence-electron chi connectivity index (χ2n) is 6.07. The van der Waals surface area contributed by atoms with Crippen molar-refractivity contribution in [1.29, 1.82) is 0 Å². The maximum atomic E-state index is 13.8. The highest BCUT2D eigenvalue weighted by Gasteiger charge is 2.30. The monoisotopic (exact) mass is 298 g/mol. The summed E-state index contributed by atoms with van der Waals surface area (Å²) in [5.41, 5.74) is -0.633. The van der Waals surface area contributed by atoms with Crippen LogP contribution in [0.15, 0.2) is 18.2 Å². The van der Waals surface area contributed by atoms with Crippen LogP contribution in [0, 0.1) is 11.6 Å². The lowest BCUT2D eigenvalue weighted by atomic mass is 10.0.